The van der Waals surface area contributed by atoms with Gasteiger partial charge in [-0.15, -0.1) is 0 Å². The molecule has 0 aliphatic carbocycles. The van der Waals surface area contributed by atoms with Gasteiger partial charge in [0.15, 0.2) is 0 Å². The largest absolute Gasteiger partial charge is 0.478 e. The molecule has 6 heteroatoms. The van der Waals surface area contributed by atoms with Crippen molar-refractivity contribution >= 4 is 29.4 Å². The molecule has 0 bridgehead atoms. The number of amides is 2. The van der Waals surface area contributed by atoms with E-state index in [0.29, 0.717) is 12.2 Å². The average Bonchev–Trinajstić information content (AvgIpc) is 2.74. The molecule has 20 heavy (non-hydrogen) atoms. The van der Waals surface area contributed by atoms with Gasteiger partial charge in [-0.25, -0.2) is 9.59 Å². The summed E-state index contributed by atoms with van der Waals surface area (Å²) < 4.78 is 0. The second kappa shape index (κ2) is 6.65. The van der Waals surface area contributed by atoms with Crippen LogP contribution >= 0.6 is 11.8 Å². The van der Waals surface area contributed by atoms with Gasteiger partial charge in [0, 0.05) is 25.9 Å². The fourth-order valence-electron chi connectivity index (χ4n) is 2.20. The first-order chi connectivity index (χ1) is 9.61. The Morgan fingerprint density at radius 1 is 1.25 bits per heavy atom. The van der Waals surface area contributed by atoms with Gasteiger partial charge in [0.2, 0.25) is 0 Å². The minimum atomic E-state index is -1.02. The van der Waals surface area contributed by atoms with Crippen LogP contribution in [0.15, 0.2) is 24.3 Å². The lowest BCUT2D eigenvalue weighted by Crippen LogP contribution is -2.42. The molecule has 1 aliphatic rings. The Kier molecular flexibility index (Phi) is 4.89. The van der Waals surface area contributed by atoms with Crippen LogP contribution in [0, 0.1) is 0 Å². The zero-order chi connectivity index (χ0) is 14.5. The van der Waals surface area contributed by atoms with Crippen molar-refractivity contribution in [3.63, 3.8) is 0 Å². The van der Waals surface area contributed by atoms with Crippen molar-refractivity contribution in [2.75, 3.05) is 36.5 Å². The highest BCUT2D eigenvalue weighted by Gasteiger charge is 2.23. The number of carboxylic acid groups (broad SMARTS) is 1. The van der Waals surface area contributed by atoms with Gasteiger partial charge in [0.25, 0.3) is 0 Å². The number of benzene rings is 1. The Morgan fingerprint density at radius 2 is 2.00 bits per heavy atom. The number of hydrogen-bond donors (Lipinski definition) is 1. The van der Waals surface area contributed by atoms with Crippen LogP contribution < -0.4 is 4.90 Å². The Balaban J connectivity index is 2.19. The van der Waals surface area contributed by atoms with Crippen molar-refractivity contribution in [1.82, 2.24) is 4.90 Å². The Bertz CT molecular complexity index is 499. The molecule has 1 aromatic carbocycles. The van der Waals surface area contributed by atoms with Gasteiger partial charge in [-0.1, -0.05) is 12.1 Å². The molecule has 1 aromatic rings. The van der Waals surface area contributed by atoms with Crippen LogP contribution in [0.3, 0.4) is 0 Å². The molecule has 0 aromatic heterocycles. The van der Waals surface area contributed by atoms with Crippen LogP contribution in [0.25, 0.3) is 0 Å². The van der Waals surface area contributed by atoms with Crippen molar-refractivity contribution < 1.29 is 14.7 Å². The number of thioether (sulfide) groups is 1. The summed E-state index contributed by atoms with van der Waals surface area (Å²) >= 11 is 1.85. The molecule has 1 saturated heterocycles. The molecule has 0 unspecified atom stereocenters. The number of hydrogen-bond acceptors (Lipinski definition) is 3. The minimum Gasteiger partial charge on any atom is -0.478 e. The minimum absolute atomic E-state index is 0.138. The topological polar surface area (TPSA) is 60.9 Å². The fourth-order valence-corrected chi connectivity index (χ4v) is 3.09. The zero-order valence-corrected chi connectivity index (χ0v) is 12.2. The summed E-state index contributed by atoms with van der Waals surface area (Å²) in [5, 5.41) is 9.20. The summed E-state index contributed by atoms with van der Waals surface area (Å²) in [5.41, 5.74) is 0.578. The van der Waals surface area contributed by atoms with Crippen LogP contribution in [-0.4, -0.2) is 53.6 Å². The Morgan fingerprint density at radius 3 is 2.75 bits per heavy atom. The smallest absolute Gasteiger partial charge is 0.337 e. The highest BCUT2D eigenvalue weighted by Crippen LogP contribution is 2.21. The van der Waals surface area contributed by atoms with Gasteiger partial charge in [-0.3, -0.25) is 4.90 Å². The molecule has 1 heterocycles. The predicted octanol–water partition coefficient (Wildman–Crippen LogP) is 2.38. The van der Waals surface area contributed by atoms with Crippen LogP contribution in [0.1, 0.15) is 16.8 Å². The summed E-state index contributed by atoms with van der Waals surface area (Å²) in [7, 11) is 1.63. The van der Waals surface area contributed by atoms with E-state index in [4.69, 9.17) is 0 Å². The highest BCUT2D eigenvalue weighted by atomic mass is 32.2. The number of carbonyl (C=O) groups is 2. The maximum atomic E-state index is 12.5. The Labute approximate surface area is 122 Å². The lowest BCUT2D eigenvalue weighted by Gasteiger charge is -2.27. The third-order valence-corrected chi connectivity index (χ3v) is 4.32. The number of aromatic carboxylic acids is 1. The maximum Gasteiger partial charge on any atom is 0.337 e. The lowest BCUT2D eigenvalue weighted by atomic mass is 10.1. The molecule has 0 atom stereocenters. The summed E-state index contributed by atoms with van der Waals surface area (Å²) in [4.78, 5) is 26.9. The van der Waals surface area contributed by atoms with Crippen LogP contribution in [0.2, 0.25) is 0 Å². The number of anilines is 1. The molecular formula is C14H18N2O3S. The first-order valence-corrected chi connectivity index (χ1v) is 7.69. The molecule has 2 rings (SSSR count). The molecule has 108 valence electrons. The molecule has 5 nitrogen and oxygen atoms in total. The second-order valence-electron chi connectivity index (χ2n) is 4.62. The summed E-state index contributed by atoms with van der Waals surface area (Å²) in [6.45, 7) is 1.44. The zero-order valence-electron chi connectivity index (χ0n) is 11.4. The van der Waals surface area contributed by atoms with Gasteiger partial charge < -0.3 is 10.0 Å². The predicted molar refractivity (Wildman–Crippen MR) is 80.7 cm³/mol. The van der Waals surface area contributed by atoms with Crippen molar-refractivity contribution in [1.29, 1.82) is 0 Å². The molecular weight excluding hydrogens is 276 g/mol. The van der Waals surface area contributed by atoms with E-state index in [0.717, 1.165) is 24.5 Å². The number of carboxylic acids is 1. The number of urea groups is 1. The third kappa shape index (κ3) is 3.25. The molecule has 0 saturated carbocycles. The summed E-state index contributed by atoms with van der Waals surface area (Å²) in [6.07, 6.45) is 0.977. The third-order valence-electron chi connectivity index (χ3n) is 3.28. The number of rotatable bonds is 2. The van der Waals surface area contributed by atoms with Crippen molar-refractivity contribution in [2.45, 2.75) is 6.42 Å². The van der Waals surface area contributed by atoms with E-state index < -0.39 is 5.97 Å². The van der Waals surface area contributed by atoms with Gasteiger partial charge in [-0.05, 0) is 24.3 Å². The van der Waals surface area contributed by atoms with Gasteiger partial charge in [0.05, 0.1) is 11.3 Å². The first-order valence-electron chi connectivity index (χ1n) is 6.54. The van der Waals surface area contributed by atoms with E-state index >= 15 is 0 Å². The van der Waals surface area contributed by atoms with Gasteiger partial charge >= 0.3 is 12.0 Å². The van der Waals surface area contributed by atoms with Crippen LogP contribution in [0.4, 0.5) is 10.5 Å². The highest BCUT2D eigenvalue weighted by molar-refractivity contribution is 7.99. The van der Waals surface area contributed by atoms with E-state index in [1.165, 1.54) is 11.0 Å². The molecule has 0 spiro atoms. The van der Waals surface area contributed by atoms with E-state index in [-0.39, 0.29) is 11.6 Å². The molecule has 1 aliphatic heterocycles. The van der Waals surface area contributed by atoms with Crippen molar-refractivity contribution in [3.8, 4) is 0 Å². The number of para-hydroxylation sites is 1. The quantitative estimate of drug-likeness (QED) is 0.909. The summed E-state index contributed by atoms with van der Waals surface area (Å²) in [5.74, 6) is 0.978. The van der Waals surface area contributed by atoms with E-state index in [9.17, 15) is 14.7 Å². The van der Waals surface area contributed by atoms with Crippen molar-refractivity contribution in [3.05, 3.63) is 29.8 Å². The first kappa shape index (κ1) is 14.7. The maximum absolute atomic E-state index is 12.5. The molecule has 1 N–H and O–H groups in total. The van der Waals surface area contributed by atoms with E-state index in [1.54, 1.807) is 30.1 Å². The Hall–Kier alpha value is -1.69. The van der Waals surface area contributed by atoms with E-state index in [2.05, 4.69) is 0 Å². The van der Waals surface area contributed by atoms with Crippen LogP contribution in [0.5, 0.6) is 0 Å². The van der Waals surface area contributed by atoms with E-state index in [1.807, 2.05) is 11.8 Å². The van der Waals surface area contributed by atoms with Crippen molar-refractivity contribution in [2.24, 2.45) is 0 Å². The lowest BCUT2D eigenvalue weighted by molar-refractivity contribution is 0.0697. The second-order valence-corrected chi connectivity index (χ2v) is 5.84. The van der Waals surface area contributed by atoms with Gasteiger partial charge in [-0.2, -0.15) is 11.8 Å². The number of carbonyl (C=O) groups excluding carboxylic acids is 1. The summed E-state index contributed by atoms with van der Waals surface area (Å²) in [6, 6.07) is 6.44. The molecule has 0 radical (unpaired) electrons. The average molecular weight is 294 g/mol. The molecule has 2 amide bonds. The standard InChI is InChI=1S/C14H18N2O3S/c1-15(12-6-3-2-5-11(12)13(17)18)14(19)16-7-4-9-20-10-8-16/h2-3,5-6H,4,7-10H2,1H3,(H,17,18). The normalized spacial score (nSPS) is 15.6. The number of nitrogens with zero attached hydrogens (tertiary/aromatic N) is 2. The SMILES string of the molecule is CN(C(=O)N1CCCSCC1)c1ccccc1C(=O)O. The fraction of sp³-hybridized carbons (Fsp3) is 0.429. The monoisotopic (exact) mass is 294 g/mol. The van der Waals surface area contributed by atoms with Gasteiger partial charge in [0.1, 0.15) is 0 Å². The molecule has 1 fully saturated rings. The van der Waals surface area contributed by atoms with Crippen LogP contribution in [-0.2, 0) is 0 Å².